The number of alkyl halides is 3. The fraction of sp³-hybridized carbons (Fsp3) is 0.273. The number of nitrogens with one attached hydrogen (secondary N) is 3. The molecule has 2 atom stereocenters. The van der Waals surface area contributed by atoms with Gasteiger partial charge in [0.15, 0.2) is 0 Å². The number of carbonyl (C=O) groups excluding carboxylic acids is 3. The summed E-state index contributed by atoms with van der Waals surface area (Å²) in [5.74, 6) is -1.11. The second kappa shape index (κ2) is 15.6. The van der Waals surface area contributed by atoms with E-state index in [9.17, 15) is 27.6 Å². The van der Waals surface area contributed by atoms with Gasteiger partial charge in [0, 0.05) is 31.4 Å². The van der Waals surface area contributed by atoms with Gasteiger partial charge in [0.2, 0.25) is 11.8 Å². The number of benzene rings is 3. The Morgan fingerprint density at radius 2 is 1.60 bits per heavy atom. The fourth-order valence-corrected chi connectivity index (χ4v) is 4.57. The minimum atomic E-state index is -4.53. The van der Waals surface area contributed by atoms with E-state index in [-0.39, 0.29) is 25.5 Å². The summed E-state index contributed by atoms with van der Waals surface area (Å²) < 4.78 is 44.8. The Morgan fingerprint density at radius 3 is 2.22 bits per heavy atom. The molecule has 236 valence electrons. The lowest BCUT2D eigenvalue weighted by Gasteiger charge is -2.28. The summed E-state index contributed by atoms with van der Waals surface area (Å²) in [6.45, 7) is 1.63. The summed E-state index contributed by atoms with van der Waals surface area (Å²) in [5, 5.41) is 5.42. The van der Waals surface area contributed by atoms with Crippen LogP contribution >= 0.6 is 0 Å². The van der Waals surface area contributed by atoms with Crippen molar-refractivity contribution < 1.29 is 32.3 Å². The van der Waals surface area contributed by atoms with E-state index in [2.05, 4.69) is 20.6 Å². The van der Waals surface area contributed by atoms with Gasteiger partial charge in [-0.2, -0.15) is 13.2 Å². The smallest absolute Gasteiger partial charge is 0.416 e. The van der Waals surface area contributed by atoms with E-state index in [4.69, 9.17) is 4.74 Å². The van der Waals surface area contributed by atoms with Crippen molar-refractivity contribution in [3.63, 3.8) is 0 Å². The topological polar surface area (TPSA) is 116 Å². The Kier molecular flexibility index (Phi) is 11.3. The van der Waals surface area contributed by atoms with Gasteiger partial charge in [0.1, 0.15) is 12.6 Å². The molecule has 0 radical (unpaired) electrons. The van der Waals surface area contributed by atoms with Crippen LogP contribution in [0, 0.1) is 0 Å². The first kappa shape index (κ1) is 32.8. The van der Waals surface area contributed by atoms with E-state index in [1.807, 2.05) is 43.3 Å². The molecule has 45 heavy (non-hydrogen) atoms. The highest BCUT2D eigenvalue weighted by atomic mass is 19.4. The van der Waals surface area contributed by atoms with Gasteiger partial charge in [-0.15, -0.1) is 0 Å². The zero-order valence-corrected chi connectivity index (χ0v) is 24.6. The Hall–Kier alpha value is -5.13. The zero-order valence-electron chi connectivity index (χ0n) is 24.6. The normalized spacial score (nSPS) is 12.5. The molecule has 3 aromatic carbocycles. The predicted molar refractivity (Wildman–Crippen MR) is 161 cm³/mol. The zero-order chi connectivity index (χ0) is 32.2. The highest BCUT2D eigenvalue weighted by Crippen LogP contribution is 2.29. The maximum Gasteiger partial charge on any atom is 0.416 e. The van der Waals surface area contributed by atoms with Gasteiger partial charge >= 0.3 is 12.3 Å². The van der Waals surface area contributed by atoms with Crippen LogP contribution in [0.3, 0.4) is 0 Å². The van der Waals surface area contributed by atoms with Crippen molar-refractivity contribution >= 4 is 17.9 Å². The fourth-order valence-electron chi connectivity index (χ4n) is 4.57. The lowest BCUT2D eigenvalue weighted by Crippen LogP contribution is -2.52. The Labute approximate surface area is 258 Å². The maximum absolute atomic E-state index is 14.0. The molecule has 9 nitrogen and oxygen atoms in total. The number of aromatic nitrogens is 2. The van der Waals surface area contributed by atoms with Gasteiger partial charge in [-0.3, -0.25) is 9.59 Å². The minimum Gasteiger partial charge on any atom is -0.445 e. The quantitative estimate of drug-likeness (QED) is 0.190. The molecule has 0 bridgehead atoms. The molecule has 0 spiro atoms. The van der Waals surface area contributed by atoms with Crippen molar-refractivity contribution in [3.8, 4) is 0 Å². The number of alkyl carbamates (subject to hydrolysis) is 1. The SMILES string of the molecule is CC(CNC(=O)CN(Cc1ccc(C(F)(F)F)cc1)C(=O)C(Cc1cnc[nH]1)NC(=O)OCc1ccccc1)c1ccccc1. The monoisotopic (exact) mass is 621 g/mol. The van der Waals surface area contributed by atoms with Gasteiger partial charge in [0.05, 0.1) is 18.4 Å². The van der Waals surface area contributed by atoms with Gasteiger partial charge in [-0.1, -0.05) is 79.7 Å². The highest BCUT2D eigenvalue weighted by molar-refractivity contribution is 5.89. The Balaban J connectivity index is 1.51. The van der Waals surface area contributed by atoms with Crippen LogP contribution in [-0.4, -0.2) is 51.9 Å². The van der Waals surface area contributed by atoms with Gasteiger partial charge < -0.3 is 25.3 Å². The van der Waals surface area contributed by atoms with Gasteiger partial charge in [-0.25, -0.2) is 9.78 Å². The average molecular weight is 622 g/mol. The molecular weight excluding hydrogens is 587 g/mol. The van der Waals surface area contributed by atoms with Crippen molar-refractivity contribution in [2.24, 2.45) is 0 Å². The second-order valence-electron chi connectivity index (χ2n) is 10.5. The predicted octanol–water partition coefficient (Wildman–Crippen LogP) is 5.21. The molecule has 4 aromatic rings. The van der Waals surface area contributed by atoms with E-state index in [0.717, 1.165) is 23.3 Å². The lowest BCUT2D eigenvalue weighted by molar-refractivity contribution is -0.138. The molecule has 0 aliphatic carbocycles. The van der Waals surface area contributed by atoms with Crippen molar-refractivity contribution in [1.82, 2.24) is 25.5 Å². The average Bonchev–Trinajstić information content (AvgIpc) is 3.55. The summed E-state index contributed by atoms with van der Waals surface area (Å²) in [6, 6.07) is 21.7. The maximum atomic E-state index is 14.0. The summed E-state index contributed by atoms with van der Waals surface area (Å²) in [4.78, 5) is 47.9. The first-order valence-electron chi connectivity index (χ1n) is 14.3. The Morgan fingerprint density at radius 1 is 0.933 bits per heavy atom. The molecule has 0 fully saturated rings. The van der Waals surface area contributed by atoms with Crippen LogP contribution in [0.2, 0.25) is 0 Å². The third-order valence-corrected chi connectivity index (χ3v) is 7.06. The molecule has 2 unspecified atom stereocenters. The van der Waals surface area contributed by atoms with Crippen molar-refractivity contribution in [1.29, 1.82) is 0 Å². The van der Waals surface area contributed by atoms with E-state index >= 15 is 0 Å². The van der Waals surface area contributed by atoms with Gasteiger partial charge in [-0.05, 0) is 34.7 Å². The summed E-state index contributed by atoms with van der Waals surface area (Å²) in [5.41, 5.74) is 1.83. The van der Waals surface area contributed by atoms with E-state index in [1.165, 1.54) is 29.6 Å². The molecule has 12 heteroatoms. The number of rotatable bonds is 13. The number of aromatic amines is 1. The van der Waals surface area contributed by atoms with E-state index < -0.39 is 42.2 Å². The first-order chi connectivity index (χ1) is 21.6. The molecule has 0 aliphatic rings. The van der Waals surface area contributed by atoms with Crippen LogP contribution in [0.25, 0.3) is 0 Å². The second-order valence-corrected chi connectivity index (χ2v) is 10.5. The molecule has 3 amide bonds. The number of halogens is 3. The van der Waals surface area contributed by atoms with Crippen LogP contribution in [0.5, 0.6) is 0 Å². The largest absolute Gasteiger partial charge is 0.445 e. The highest BCUT2D eigenvalue weighted by Gasteiger charge is 2.31. The number of hydrogen-bond acceptors (Lipinski definition) is 5. The van der Waals surface area contributed by atoms with Gasteiger partial charge in [0.25, 0.3) is 0 Å². The third kappa shape index (κ3) is 10.2. The molecule has 4 rings (SSSR count). The number of ether oxygens (including phenoxy) is 1. The molecule has 1 heterocycles. The number of carbonyl (C=O) groups is 3. The van der Waals surface area contributed by atoms with Crippen molar-refractivity contribution in [2.45, 2.75) is 44.6 Å². The lowest BCUT2D eigenvalue weighted by atomic mass is 10.0. The van der Waals surface area contributed by atoms with Crippen LogP contribution in [0.15, 0.2) is 97.5 Å². The van der Waals surface area contributed by atoms with Crippen LogP contribution < -0.4 is 10.6 Å². The summed E-state index contributed by atoms with van der Waals surface area (Å²) in [7, 11) is 0. The number of nitrogens with zero attached hydrogens (tertiary/aromatic N) is 2. The van der Waals surface area contributed by atoms with Crippen molar-refractivity contribution in [2.75, 3.05) is 13.1 Å². The van der Waals surface area contributed by atoms with E-state index in [1.54, 1.807) is 24.3 Å². The first-order valence-corrected chi connectivity index (χ1v) is 14.3. The standard InChI is InChI=1S/C33H34F3N5O4/c1-23(26-10-6-3-7-11-26)17-38-30(42)20-41(19-24-12-14-27(15-13-24)33(34,35)36)31(43)29(16-28-18-37-22-39-28)40-32(44)45-21-25-8-4-2-5-9-25/h2-15,18,22-23,29H,16-17,19-21H2,1H3,(H,37,39)(H,38,42)(H,40,44). The Bertz CT molecular complexity index is 1520. The molecule has 0 saturated heterocycles. The number of amides is 3. The summed E-state index contributed by atoms with van der Waals surface area (Å²) >= 11 is 0. The summed E-state index contributed by atoms with van der Waals surface area (Å²) in [6.07, 6.45) is -2.47. The number of H-pyrrole nitrogens is 1. The van der Waals surface area contributed by atoms with Crippen LogP contribution in [0.4, 0.5) is 18.0 Å². The minimum absolute atomic E-state index is 0.00452. The molecule has 3 N–H and O–H groups in total. The number of hydrogen-bond donors (Lipinski definition) is 3. The van der Waals surface area contributed by atoms with Crippen LogP contribution in [-0.2, 0) is 40.1 Å². The number of imidazole rings is 1. The van der Waals surface area contributed by atoms with Crippen LogP contribution in [0.1, 0.15) is 40.8 Å². The molecule has 0 saturated carbocycles. The van der Waals surface area contributed by atoms with Crippen molar-refractivity contribution in [3.05, 3.63) is 125 Å². The molecular formula is C33H34F3N5O4. The van der Waals surface area contributed by atoms with E-state index in [0.29, 0.717) is 17.8 Å². The molecule has 1 aromatic heterocycles. The third-order valence-electron chi connectivity index (χ3n) is 7.06. The molecule has 0 aliphatic heterocycles.